The number of amides is 3. The predicted molar refractivity (Wildman–Crippen MR) is 155 cm³/mol. The first-order chi connectivity index (χ1) is 18.3. The normalized spacial score (nSPS) is 17.5. The molecule has 0 aromatic heterocycles. The van der Waals surface area contributed by atoms with Crippen LogP contribution in [-0.4, -0.2) is 54.3 Å². The Bertz CT molecular complexity index is 1230. The number of unbranched alkanes of at least 4 members (excludes halogenated alkanes) is 5. The van der Waals surface area contributed by atoms with Crippen LogP contribution in [0.4, 0.5) is 5.69 Å². The molecule has 0 radical (unpaired) electrons. The maximum absolute atomic E-state index is 13.0. The van der Waals surface area contributed by atoms with Crippen molar-refractivity contribution in [2.24, 2.45) is 0 Å². The molecule has 7 nitrogen and oxygen atoms in total. The number of nitrogens with zero attached hydrogens (tertiary/aromatic N) is 1. The van der Waals surface area contributed by atoms with Gasteiger partial charge in [0.25, 0.3) is 5.91 Å². The van der Waals surface area contributed by atoms with Crippen molar-refractivity contribution in [3.8, 4) is 0 Å². The Morgan fingerprint density at radius 1 is 0.974 bits per heavy atom. The highest BCUT2D eigenvalue weighted by atomic mass is 32.2. The largest absolute Gasteiger partial charge is 0.384 e. The number of hydrogen-bond donors (Lipinski definition) is 2. The summed E-state index contributed by atoms with van der Waals surface area (Å²) in [6.07, 6.45) is 7.60. The van der Waals surface area contributed by atoms with Gasteiger partial charge in [0.15, 0.2) is 0 Å². The Hall–Kier alpha value is -2.57. The quantitative estimate of drug-likeness (QED) is 0.152. The van der Waals surface area contributed by atoms with Gasteiger partial charge in [0.2, 0.25) is 11.8 Å². The van der Waals surface area contributed by atoms with E-state index in [1.54, 1.807) is 16.7 Å². The van der Waals surface area contributed by atoms with Crippen LogP contribution >= 0.6 is 18.9 Å². The lowest BCUT2D eigenvalue weighted by Crippen LogP contribution is -2.52. The number of piperidine rings is 1. The average Bonchev–Trinajstić information content (AvgIpc) is 3.21. The molecular weight excluding hydrogens is 517 g/mol. The van der Waals surface area contributed by atoms with Crippen LogP contribution in [0, 0.1) is 0 Å². The summed E-state index contributed by atoms with van der Waals surface area (Å²) >= 11 is 1.78. The fourth-order valence-corrected chi connectivity index (χ4v) is 7.40. The van der Waals surface area contributed by atoms with Gasteiger partial charge in [-0.1, -0.05) is 43.9 Å². The second kappa shape index (κ2) is 13.0. The van der Waals surface area contributed by atoms with Crippen LogP contribution in [-0.2, 0) is 20.7 Å². The van der Waals surface area contributed by atoms with Crippen LogP contribution in [0.5, 0.6) is 0 Å². The molecule has 2 N–H and O–H groups in total. The van der Waals surface area contributed by atoms with Gasteiger partial charge < -0.3 is 14.8 Å². The lowest BCUT2D eigenvalue weighted by atomic mass is 10.0. The van der Waals surface area contributed by atoms with Crippen molar-refractivity contribution in [1.29, 1.82) is 0 Å². The molecule has 1 unspecified atom stereocenters. The number of benzene rings is 2. The molecule has 0 spiro atoms. The van der Waals surface area contributed by atoms with Crippen molar-refractivity contribution in [2.45, 2.75) is 68.8 Å². The van der Waals surface area contributed by atoms with Gasteiger partial charge in [-0.3, -0.25) is 19.7 Å². The Morgan fingerprint density at radius 3 is 2.47 bits per heavy atom. The molecular formula is C29H38N3O4PS. The van der Waals surface area contributed by atoms with Crippen LogP contribution in [0.15, 0.2) is 47.4 Å². The molecule has 1 saturated heterocycles. The van der Waals surface area contributed by atoms with Crippen molar-refractivity contribution in [3.05, 3.63) is 53.6 Å². The zero-order valence-electron chi connectivity index (χ0n) is 22.3. The van der Waals surface area contributed by atoms with Crippen LogP contribution < -0.4 is 15.9 Å². The highest BCUT2D eigenvalue weighted by molar-refractivity contribution is 7.99. The number of imide groups is 1. The van der Waals surface area contributed by atoms with E-state index in [1.807, 2.05) is 49.7 Å². The first-order valence-electron chi connectivity index (χ1n) is 13.5. The Morgan fingerprint density at radius 2 is 1.71 bits per heavy atom. The van der Waals surface area contributed by atoms with Gasteiger partial charge in [-0.25, -0.2) is 0 Å². The number of carbonyl (C=O) groups excluding carboxylic acids is 3. The van der Waals surface area contributed by atoms with Crippen molar-refractivity contribution in [1.82, 2.24) is 10.2 Å². The van der Waals surface area contributed by atoms with Gasteiger partial charge in [-0.2, -0.15) is 0 Å². The van der Waals surface area contributed by atoms with Crippen molar-refractivity contribution < 1.29 is 18.9 Å². The summed E-state index contributed by atoms with van der Waals surface area (Å²) in [6.45, 7) is 4.94. The molecule has 204 valence electrons. The molecule has 38 heavy (non-hydrogen) atoms. The fraction of sp³-hybridized carbons (Fsp3) is 0.483. The fourth-order valence-electron chi connectivity index (χ4n) is 5.12. The van der Waals surface area contributed by atoms with E-state index in [1.165, 1.54) is 25.7 Å². The SMILES string of the molecule is CP(C)(=O)c1ccccc1NCCCCCCCCSc1cccc2c1CN(C1CCC(=O)NC1=O)C2=O. The van der Waals surface area contributed by atoms with E-state index in [2.05, 4.69) is 16.7 Å². The van der Waals surface area contributed by atoms with E-state index in [-0.39, 0.29) is 24.1 Å². The molecule has 2 aromatic rings. The second-order valence-corrected chi connectivity index (χ2v) is 14.8. The number of nitrogens with one attached hydrogen (secondary N) is 2. The third-order valence-corrected chi connectivity index (χ3v) is 9.90. The maximum Gasteiger partial charge on any atom is 0.255 e. The summed E-state index contributed by atoms with van der Waals surface area (Å²) in [5.41, 5.74) is 2.67. The van der Waals surface area contributed by atoms with Gasteiger partial charge >= 0.3 is 0 Å². The summed E-state index contributed by atoms with van der Waals surface area (Å²) in [7, 11) is -2.29. The standard InChI is InChI=1S/C29H38N3O4PS/c1-37(2,36)25-14-8-7-13-23(25)30-18-9-5-3-4-6-10-19-38-26-15-11-12-21-22(26)20-32(29(21)35)24-16-17-27(33)31-28(24)34/h7-8,11-15,24,30H,3-6,9-10,16-20H2,1-2H3,(H,31,33,34). The molecule has 2 aromatic carbocycles. The minimum Gasteiger partial charge on any atom is -0.384 e. The van der Waals surface area contributed by atoms with E-state index in [9.17, 15) is 18.9 Å². The second-order valence-electron chi connectivity index (χ2n) is 10.4. The highest BCUT2D eigenvalue weighted by Crippen LogP contribution is 2.37. The molecule has 1 fully saturated rings. The summed E-state index contributed by atoms with van der Waals surface area (Å²) in [4.78, 5) is 39.5. The van der Waals surface area contributed by atoms with E-state index < -0.39 is 13.2 Å². The number of hydrogen-bond acceptors (Lipinski definition) is 6. The van der Waals surface area contributed by atoms with Crippen LogP contribution in [0.1, 0.15) is 67.3 Å². The smallest absolute Gasteiger partial charge is 0.255 e. The molecule has 9 heteroatoms. The molecule has 0 saturated carbocycles. The minimum absolute atomic E-state index is 0.117. The Balaban J connectivity index is 1.13. The Labute approximate surface area is 229 Å². The summed E-state index contributed by atoms with van der Waals surface area (Å²) < 4.78 is 12.5. The van der Waals surface area contributed by atoms with E-state index in [0.29, 0.717) is 18.5 Å². The minimum atomic E-state index is -2.29. The lowest BCUT2D eigenvalue weighted by molar-refractivity contribution is -0.136. The first-order valence-corrected chi connectivity index (χ1v) is 17.1. The molecule has 1 atom stereocenters. The molecule has 2 aliphatic rings. The zero-order chi connectivity index (χ0) is 27.1. The number of para-hydroxylation sites is 1. The van der Waals surface area contributed by atoms with Crippen LogP contribution in [0.25, 0.3) is 0 Å². The first kappa shape index (κ1) is 28.4. The molecule has 2 heterocycles. The summed E-state index contributed by atoms with van der Waals surface area (Å²) in [5, 5.41) is 6.75. The number of carbonyl (C=O) groups is 3. The van der Waals surface area contributed by atoms with Crippen LogP contribution in [0.2, 0.25) is 0 Å². The van der Waals surface area contributed by atoms with E-state index in [4.69, 9.17) is 0 Å². The molecule has 3 amide bonds. The van der Waals surface area contributed by atoms with Gasteiger partial charge in [-0.15, -0.1) is 11.8 Å². The van der Waals surface area contributed by atoms with E-state index >= 15 is 0 Å². The third kappa shape index (κ3) is 7.09. The summed E-state index contributed by atoms with van der Waals surface area (Å²) in [5.74, 6) is 0.239. The number of rotatable bonds is 13. The van der Waals surface area contributed by atoms with Crippen molar-refractivity contribution >= 4 is 47.6 Å². The number of fused-ring (bicyclic) bond motifs is 1. The highest BCUT2D eigenvalue weighted by Gasteiger charge is 2.39. The number of thioether (sulfide) groups is 1. The Kier molecular flexibility index (Phi) is 9.72. The zero-order valence-corrected chi connectivity index (χ0v) is 24.0. The number of anilines is 1. The monoisotopic (exact) mass is 555 g/mol. The van der Waals surface area contributed by atoms with Crippen LogP contribution in [0.3, 0.4) is 0 Å². The molecule has 0 bridgehead atoms. The third-order valence-electron chi connectivity index (χ3n) is 7.17. The van der Waals surface area contributed by atoms with E-state index in [0.717, 1.165) is 46.6 Å². The summed E-state index contributed by atoms with van der Waals surface area (Å²) in [6, 6.07) is 13.1. The van der Waals surface area contributed by atoms with Crippen molar-refractivity contribution in [3.63, 3.8) is 0 Å². The molecule has 4 rings (SSSR count). The van der Waals surface area contributed by atoms with Gasteiger partial charge in [0.05, 0.1) is 0 Å². The maximum atomic E-state index is 13.0. The average molecular weight is 556 g/mol. The predicted octanol–water partition coefficient (Wildman–Crippen LogP) is 5.24. The van der Waals surface area contributed by atoms with Gasteiger partial charge in [0.1, 0.15) is 13.2 Å². The lowest BCUT2D eigenvalue weighted by Gasteiger charge is -2.29. The van der Waals surface area contributed by atoms with Gasteiger partial charge in [-0.05, 0) is 68.2 Å². The molecule has 2 aliphatic heterocycles. The molecule has 0 aliphatic carbocycles. The van der Waals surface area contributed by atoms with Crippen molar-refractivity contribution in [2.75, 3.05) is 30.9 Å². The van der Waals surface area contributed by atoms with Gasteiger partial charge in [0, 0.05) is 41.0 Å². The topological polar surface area (TPSA) is 95.6 Å².